The Hall–Kier alpha value is -2.43. The van der Waals surface area contributed by atoms with E-state index in [1.54, 1.807) is 0 Å². The van der Waals surface area contributed by atoms with E-state index in [1.807, 2.05) is 0 Å². The number of benzene rings is 2. The van der Waals surface area contributed by atoms with Crippen molar-refractivity contribution in [1.82, 2.24) is 4.98 Å². The Morgan fingerprint density at radius 2 is 1.79 bits per heavy atom. The first kappa shape index (κ1) is 21.3. The van der Waals surface area contributed by atoms with Crippen LogP contribution >= 0.6 is 22.9 Å². The van der Waals surface area contributed by atoms with E-state index < -0.39 is 26.9 Å². The molecule has 0 saturated carbocycles. The van der Waals surface area contributed by atoms with Gasteiger partial charge in [0.1, 0.15) is 0 Å². The Morgan fingerprint density at radius 1 is 1.14 bits per heavy atom. The minimum absolute atomic E-state index is 0.00936. The second kappa shape index (κ2) is 7.77. The third-order valence-corrected chi connectivity index (χ3v) is 6.11. The minimum atomic E-state index is -4.50. The van der Waals surface area contributed by atoms with Crippen LogP contribution in [0.4, 0.5) is 18.9 Å². The molecule has 1 heterocycles. The Labute approximate surface area is 173 Å². The molecule has 29 heavy (non-hydrogen) atoms. The van der Waals surface area contributed by atoms with E-state index in [4.69, 9.17) is 11.6 Å². The van der Waals surface area contributed by atoms with E-state index in [0.29, 0.717) is 22.6 Å². The average Bonchev–Trinajstić information content (AvgIpc) is 3.12. The molecular weight excluding hydrogens is 449 g/mol. The number of carbonyl (C=O) groups is 1. The van der Waals surface area contributed by atoms with E-state index in [0.717, 1.165) is 6.26 Å². The minimum Gasteiger partial charge on any atom is -0.322 e. The zero-order valence-electron chi connectivity index (χ0n) is 14.6. The van der Waals surface area contributed by atoms with Crippen molar-refractivity contribution < 1.29 is 26.4 Å². The van der Waals surface area contributed by atoms with Crippen LogP contribution in [-0.4, -0.2) is 25.6 Å². The van der Waals surface area contributed by atoms with E-state index in [2.05, 4.69) is 10.3 Å². The van der Waals surface area contributed by atoms with Crippen LogP contribution in [0.2, 0.25) is 5.02 Å². The first-order chi connectivity index (χ1) is 13.4. The van der Waals surface area contributed by atoms with Crippen molar-refractivity contribution in [3.8, 4) is 11.3 Å². The summed E-state index contributed by atoms with van der Waals surface area (Å²) in [7, 11) is -3.46. The summed E-state index contributed by atoms with van der Waals surface area (Å²) >= 11 is 6.52. The molecule has 3 rings (SSSR count). The van der Waals surface area contributed by atoms with Crippen LogP contribution < -0.4 is 5.32 Å². The van der Waals surface area contributed by atoms with Gasteiger partial charge in [-0.2, -0.15) is 13.2 Å². The first-order valence-electron chi connectivity index (χ1n) is 7.89. The number of hydrogen-bond acceptors (Lipinski definition) is 5. The summed E-state index contributed by atoms with van der Waals surface area (Å²) in [6.07, 6.45) is -3.47. The van der Waals surface area contributed by atoms with Gasteiger partial charge in [-0.25, -0.2) is 13.4 Å². The topological polar surface area (TPSA) is 76.1 Å². The molecule has 0 fully saturated rings. The maximum absolute atomic E-state index is 12.7. The van der Waals surface area contributed by atoms with Gasteiger partial charge in [0, 0.05) is 22.9 Å². The lowest BCUT2D eigenvalue weighted by molar-refractivity contribution is -0.137. The predicted octanol–water partition coefficient (Wildman–Crippen LogP) is 5.14. The fraction of sp³-hybridized carbons (Fsp3) is 0.111. The maximum atomic E-state index is 12.7. The van der Waals surface area contributed by atoms with Gasteiger partial charge in [-0.1, -0.05) is 23.7 Å². The molecule has 1 amide bonds. The number of carbonyl (C=O) groups excluding carboxylic acids is 1. The smallest absolute Gasteiger partial charge is 0.322 e. The van der Waals surface area contributed by atoms with Gasteiger partial charge in [-0.15, -0.1) is 11.3 Å². The number of anilines is 1. The molecule has 1 N–H and O–H groups in total. The summed E-state index contributed by atoms with van der Waals surface area (Å²) in [5, 5.41) is 2.94. The third kappa shape index (κ3) is 4.95. The number of halogens is 4. The largest absolute Gasteiger partial charge is 0.443 e. The summed E-state index contributed by atoms with van der Waals surface area (Å²) in [6.45, 7) is 0. The van der Waals surface area contributed by atoms with Crippen LogP contribution in [0.3, 0.4) is 0 Å². The van der Waals surface area contributed by atoms with Gasteiger partial charge in [0.15, 0.2) is 14.8 Å². The van der Waals surface area contributed by atoms with Crippen molar-refractivity contribution in [2.45, 2.75) is 11.1 Å². The van der Waals surface area contributed by atoms with Crippen LogP contribution in [0.15, 0.2) is 52.7 Å². The molecular formula is C18H12ClF3N2O3S2. The second-order valence-corrected chi connectivity index (χ2v) is 9.26. The van der Waals surface area contributed by atoms with Crippen molar-refractivity contribution in [3.63, 3.8) is 0 Å². The predicted molar refractivity (Wildman–Crippen MR) is 105 cm³/mol. The number of alkyl halides is 3. The zero-order valence-corrected chi connectivity index (χ0v) is 17.0. The first-order valence-corrected chi connectivity index (χ1v) is 11.0. The summed E-state index contributed by atoms with van der Waals surface area (Å²) in [6, 6.07) is 9.85. The Balaban J connectivity index is 1.76. The number of nitrogens with zero attached hydrogens (tertiary/aromatic N) is 1. The number of nitrogens with one attached hydrogen (secondary N) is 1. The van der Waals surface area contributed by atoms with Crippen LogP contribution in [-0.2, 0) is 16.0 Å². The van der Waals surface area contributed by atoms with E-state index in [9.17, 15) is 26.4 Å². The number of sulfone groups is 1. The average molecular weight is 461 g/mol. The molecule has 5 nitrogen and oxygen atoms in total. The van der Waals surface area contributed by atoms with Gasteiger partial charge in [-0.05, 0) is 30.3 Å². The van der Waals surface area contributed by atoms with Crippen molar-refractivity contribution in [3.05, 3.63) is 63.4 Å². The van der Waals surface area contributed by atoms with Crippen LogP contribution in [0, 0.1) is 0 Å². The molecule has 2 aromatic carbocycles. The van der Waals surface area contributed by atoms with E-state index in [-0.39, 0.29) is 21.2 Å². The molecule has 152 valence electrons. The highest BCUT2D eigenvalue weighted by molar-refractivity contribution is 7.90. The summed E-state index contributed by atoms with van der Waals surface area (Å²) in [5.41, 5.74) is 1.11. The molecule has 0 bridgehead atoms. The molecule has 3 aromatic rings. The molecule has 1 aromatic heterocycles. The summed E-state index contributed by atoms with van der Waals surface area (Å²) in [5.74, 6) is -0.559. The molecule has 11 heteroatoms. The van der Waals surface area contributed by atoms with Gasteiger partial charge in [0.2, 0.25) is 0 Å². The Kier molecular flexibility index (Phi) is 5.70. The van der Waals surface area contributed by atoms with Crippen LogP contribution in [0.1, 0.15) is 15.4 Å². The molecule has 0 aliphatic heterocycles. The molecule has 0 spiro atoms. The van der Waals surface area contributed by atoms with Crippen molar-refractivity contribution in [2.24, 2.45) is 0 Å². The summed E-state index contributed by atoms with van der Waals surface area (Å²) < 4.78 is 61.1. The molecule has 0 saturated heterocycles. The maximum Gasteiger partial charge on any atom is 0.443 e. The molecule has 0 unspecified atom stereocenters. The molecule has 0 atom stereocenters. The standard InChI is InChI=1S/C18H12ClF3N2O3S2/c1-29(26,27)12-6-7-13(14(19)8-12)16(25)23-11-4-2-10(3-5-11)15-9-28-17(24-15)18(20,21)22/h2-9H,1H3,(H,23,25). The summed E-state index contributed by atoms with van der Waals surface area (Å²) in [4.78, 5) is 15.9. The number of rotatable bonds is 4. The number of aromatic nitrogens is 1. The SMILES string of the molecule is CS(=O)(=O)c1ccc(C(=O)Nc2ccc(-c3csc(C(F)(F)F)n3)cc2)c(Cl)c1. The fourth-order valence-electron chi connectivity index (χ4n) is 2.37. The number of hydrogen-bond donors (Lipinski definition) is 1. The highest BCUT2D eigenvalue weighted by Gasteiger charge is 2.34. The fourth-order valence-corrected chi connectivity index (χ4v) is 4.04. The van der Waals surface area contributed by atoms with E-state index in [1.165, 1.54) is 47.8 Å². The molecule has 0 aliphatic carbocycles. The van der Waals surface area contributed by atoms with Crippen LogP contribution in [0.5, 0.6) is 0 Å². The van der Waals surface area contributed by atoms with Crippen LogP contribution in [0.25, 0.3) is 11.3 Å². The van der Waals surface area contributed by atoms with Crippen molar-refractivity contribution in [1.29, 1.82) is 0 Å². The quantitative estimate of drug-likeness (QED) is 0.585. The third-order valence-electron chi connectivity index (χ3n) is 3.80. The molecule has 0 radical (unpaired) electrons. The van der Waals surface area contributed by atoms with Gasteiger partial charge in [0.05, 0.1) is 21.2 Å². The monoisotopic (exact) mass is 460 g/mol. The highest BCUT2D eigenvalue weighted by Crippen LogP contribution is 2.34. The molecule has 0 aliphatic rings. The van der Waals surface area contributed by atoms with E-state index >= 15 is 0 Å². The van der Waals surface area contributed by atoms with Gasteiger partial charge in [0.25, 0.3) is 5.91 Å². The van der Waals surface area contributed by atoms with Gasteiger partial charge in [-0.3, -0.25) is 4.79 Å². The Morgan fingerprint density at radius 3 is 2.31 bits per heavy atom. The number of thiazole rings is 1. The lowest BCUT2D eigenvalue weighted by atomic mass is 10.1. The van der Waals surface area contributed by atoms with Gasteiger partial charge >= 0.3 is 6.18 Å². The zero-order chi connectivity index (χ0) is 21.4. The van der Waals surface area contributed by atoms with Crippen molar-refractivity contribution >= 4 is 44.4 Å². The lowest BCUT2D eigenvalue weighted by Crippen LogP contribution is -2.13. The normalized spacial score (nSPS) is 12.0. The Bertz CT molecular complexity index is 1170. The second-order valence-electron chi connectivity index (χ2n) is 5.98. The highest BCUT2D eigenvalue weighted by atomic mass is 35.5. The van der Waals surface area contributed by atoms with Crippen molar-refractivity contribution in [2.75, 3.05) is 11.6 Å². The lowest BCUT2D eigenvalue weighted by Gasteiger charge is -2.08. The van der Waals surface area contributed by atoms with Gasteiger partial charge < -0.3 is 5.32 Å². The number of amides is 1.